The number of rotatable bonds is 4. The summed E-state index contributed by atoms with van der Waals surface area (Å²) in [7, 11) is 0. The van der Waals surface area contributed by atoms with Crippen LogP contribution in [0.25, 0.3) is 0 Å². The molecule has 0 fully saturated rings. The molecule has 92 valence electrons. The quantitative estimate of drug-likeness (QED) is 0.756. The van der Waals surface area contributed by atoms with Crippen molar-refractivity contribution in [2.24, 2.45) is 0 Å². The maximum atomic E-state index is 12.8. The first-order valence-corrected chi connectivity index (χ1v) is 5.68. The molecule has 1 unspecified atom stereocenters. The molecule has 0 saturated carbocycles. The van der Waals surface area contributed by atoms with E-state index in [2.05, 4.69) is 0 Å². The third-order valence-electron chi connectivity index (χ3n) is 2.87. The summed E-state index contributed by atoms with van der Waals surface area (Å²) in [6.07, 6.45) is 1.26. The minimum absolute atomic E-state index is 0.00875. The van der Waals surface area contributed by atoms with Gasteiger partial charge in [-0.3, -0.25) is 0 Å². The zero-order valence-corrected chi connectivity index (χ0v) is 9.74. The fourth-order valence-electron chi connectivity index (χ4n) is 1.95. The molecule has 0 amide bonds. The Morgan fingerprint density at radius 2 is 2.18 bits per heavy atom. The predicted octanol–water partition coefficient (Wildman–Crippen LogP) is 2.62. The maximum absolute atomic E-state index is 12.8. The Hall–Kier alpha value is -1.58. The van der Waals surface area contributed by atoms with Crippen molar-refractivity contribution in [2.75, 3.05) is 13.2 Å². The number of hydrogen-bond acceptors (Lipinski definition) is 3. The van der Waals surface area contributed by atoms with Gasteiger partial charge < -0.3 is 14.3 Å². The van der Waals surface area contributed by atoms with Crippen LogP contribution in [-0.2, 0) is 11.5 Å². The summed E-state index contributed by atoms with van der Waals surface area (Å²) in [4.78, 5) is 10.6. The molecule has 17 heavy (non-hydrogen) atoms. The van der Waals surface area contributed by atoms with Gasteiger partial charge >= 0.3 is 0 Å². The molecular formula is C13H15FO3. The number of alkyl halides is 1. The van der Waals surface area contributed by atoms with Gasteiger partial charge in [-0.15, -0.1) is 0 Å². The molecule has 1 aliphatic rings. The highest BCUT2D eigenvalue weighted by Crippen LogP contribution is 2.39. The molecule has 0 radical (unpaired) electrons. The average Bonchev–Trinajstić information content (AvgIpc) is 2.37. The van der Waals surface area contributed by atoms with Crippen LogP contribution in [-0.4, -0.2) is 19.5 Å². The summed E-state index contributed by atoms with van der Waals surface area (Å²) in [5.41, 5.74) is 1.41. The predicted molar refractivity (Wildman–Crippen MR) is 61.3 cm³/mol. The first-order valence-electron chi connectivity index (χ1n) is 5.68. The van der Waals surface area contributed by atoms with Crippen LogP contribution >= 0.6 is 0 Å². The van der Waals surface area contributed by atoms with E-state index >= 15 is 0 Å². The topological polar surface area (TPSA) is 35.5 Å². The van der Waals surface area contributed by atoms with E-state index in [1.807, 2.05) is 6.92 Å². The average molecular weight is 238 g/mol. The van der Waals surface area contributed by atoms with Gasteiger partial charge in [0.25, 0.3) is 0 Å². The van der Waals surface area contributed by atoms with Crippen molar-refractivity contribution in [3.05, 3.63) is 23.3 Å². The highest BCUT2D eigenvalue weighted by atomic mass is 19.1. The van der Waals surface area contributed by atoms with Crippen LogP contribution in [0.1, 0.15) is 30.4 Å². The van der Waals surface area contributed by atoms with E-state index in [0.29, 0.717) is 36.7 Å². The van der Waals surface area contributed by atoms with Crippen molar-refractivity contribution in [1.82, 2.24) is 0 Å². The normalized spacial score (nSPS) is 15.4. The molecule has 0 N–H and O–H groups in total. The van der Waals surface area contributed by atoms with Gasteiger partial charge in [0.1, 0.15) is 26.2 Å². The summed E-state index contributed by atoms with van der Waals surface area (Å²) >= 11 is 0. The second kappa shape index (κ2) is 5.17. The maximum Gasteiger partial charge on any atom is 0.164 e. The number of ether oxygens (including phenoxy) is 2. The van der Waals surface area contributed by atoms with Gasteiger partial charge in [-0.25, -0.2) is 4.39 Å². The monoisotopic (exact) mass is 238 g/mol. The number of hydrogen-bond donors (Lipinski definition) is 0. The van der Waals surface area contributed by atoms with Gasteiger partial charge in [0, 0.05) is 12.0 Å². The lowest BCUT2D eigenvalue weighted by atomic mass is 9.95. The lowest BCUT2D eigenvalue weighted by Gasteiger charge is -2.24. The first-order chi connectivity index (χ1) is 8.26. The Balaban J connectivity index is 2.43. The number of halogens is 1. The van der Waals surface area contributed by atoms with E-state index in [-0.39, 0.29) is 5.92 Å². The fraction of sp³-hybridized carbons (Fsp3) is 0.462. The molecule has 1 aromatic carbocycles. The molecule has 3 nitrogen and oxygen atoms in total. The SMILES string of the molecule is CC(CC=O)c1cc(CF)cc2c1OCCO2. The van der Waals surface area contributed by atoms with Crippen LogP contribution in [0.5, 0.6) is 11.5 Å². The summed E-state index contributed by atoms with van der Waals surface area (Å²) in [6.45, 7) is 2.34. The summed E-state index contributed by atoms with van der Waals surface area (Å²) < 4.78 is 23.8. The zero-order valence-electron chi connectivity index (χ0n) is 9.74. The Labute approximate surface area is 99.5 Å². The van der Waals surface area contributed by atoms with Crippen molar-refractivity contribution in [3.63, 3.8) is 0 Å². The smallest absolute Gasteiger partial charge is 0.164 e. The number of aldehydes is 1. The molecule has 2 rings (SSSR count). The fourth-order valence-corrected chi connectivity index (χ4v) is 1.95. The lowest BCUT2D eigenvalue weighted by molar-refractivity contribution is -0.108. The third-order valence-corrected chi connectivity index (χ3v) is 2.87. The molecule has 4 heteroatoms. The molecule has 1 aromatic rings. The summed E-state index contributed by atoms with van der Waals surface area (Å²) in [6, 6.07) is 3.41. The van der Waals surface area contributed by atoms with Crippen molar-refractivity contribution in [2.45, 2.75) is 25.9 Å². The molecule has 0 aromatic heterocycles. The van der Waals surface area contributed by atoms with Crippen molar-refractivity contribution >= 4 is 6.29 Å². The number of carbonyl (C=O) groups is 1. The van der Waals surface area contributed by atoms with Gasteiger partial charge in [-0.1, -0.05) is 6.92 Å². The van der Waals surface area contributed by atoms with Crippen LogP contribution in [0, 0.1) is 0 Å². The van der Waals surface area contributed by atoms with E-state index < -0.39 is 6.67 Å². The van der Waals surface area contributed by atoms with Gasteiger partial charge in [0.15, 0.2) is 11.5 Å². The number of fused-ring (bicyclic) bond motifs is 1. The molecule has 0 spiro atoms. The highest BCUT2D eigenvalue weighted by molar-refractivity contribution is 5.56. The van der Waals surface area contributed by atoms with Crippen LogP contribution in [0.4, 0.5) is 4.39 Å². The molecule has 1 atom stereocenters. The Morgan fingerprint density at radius 1 is 1.41 bits per heavy atom. The lowest BCUT2D eigenvalue weighted by Crippen LogP contribution is -2.17. The molecular weight excluding hydrogens is 223 g/mol. The highest BCUT2D eigenvalue weighted by Gasteiger charge is 2.21. The van der Waals surface area contributed by atoms with Gasteiger partial charge in [0.05, 0.1) is 0 Å². The molecule has 1 aliphatic heterocycles. The standard InChI is InChI=1S/C13H15FO3/c1-9(2-3-15)11-6-10(8-14)7-12-13(11)17-5-4-16-12/h3,6-7,9H,2,4-5,8H2,1H3. The Bertz CT molecular complexity index is 417. The van der Waals surface area contributed by atoms with Crippen molar-refractivity contribution < 1.29 is 18.7 Å². The van der Waals surface area contributed by atoms with E-state index in [4.69, 9.17) is 9.47 Å². The zero-order chi connectivity index (χ0) is 12.3. The molecule has 0 saturated heterocycles. The largest absolute Gasteiger partial charge is 0.486 e. The van der Waals surface area contributed by atoms with Gasteiger partial charge in [0.2, 0.25) is 0 Å². The van der Waals surface area contributed by atoms with E-state index in [1.165, 1.54) is 0 Å². The van der Waals surface area contributed by atoms with Crippen molar-refractivity contribution in [3.8, 4) is 11.5 Å². The summed E-state index contributed by atoms with van der Waals surface area (Å²) in [5, 5.41) is 0. The number of benzene rings is 1. The second-order valence-electron chi connectivity index (χ2n) is 4.15. The van der Waals surface area contributed by atoms with Gasteiger partial charge in [-0.2, -0.15) is 0 Å². The molecule has 0 bridgehead atoms. The second-order valence-corrected chi connectivity index (χ2v) is 4.15. The third kappa shape index (κ3) is 2.40. The van der Waals surface area contributed by atoms with E-state index in [9.17, 15) is 9.18 Å². The van der Waals surface area contributed by atoms with Crippen molar-refractivity contribution in [1.29, 1.82) is 0 Å². The van der Waals surface area contributed by atoms with Gasteiger partial charge in [-0.05, 0) is 23.6 Å². The molecule has 0 aliphatic carbocycles. The Morgan fingerprint density at radius 3 is 2.88 bits per heavy atom. The molecule has 1 heterocycles. The van der Waals surface area contributed by atoms with E-state index in [0.717, 1.165) is 11.8 Å². The van der Waals surface area contributed by atoms with Crippen LogP contribution in [0.2, 0.25) is 0 Å². The number of carbonyl (C=O) groups excluding carboxylic acids is 1. The minimum atomic E-state index is -0.544. The van der Waals surface area contributed by atoms with Crippen LogP contribution in [0.3, 0.4) is 0 Å². The Kier molecular flexibility index (Phi) is 3.61. The minimum Gasteiger partial charge on any atom is -0.486 e. The van der Waals surface area contributed by atoms with Crippen LogP contribution < -0.4 is 9.47 Å². The van der Waals surface area contributed by atoms with E-state index in [1.54, 1.807) is 12.1 Å². The van der Waals surface area contributed by atoms with Crippen LogP contribution in [0.15, 0.2) is 12.1 Å². The first kappa shape index (κ1) is 11.9. The summed E-state index contributed by atoms with van der Waals surface area (Å²) in [5.74, 6) is 1.25.